The zero-order chi connectivity index (χ0) is 20.4. The third-order valence-electron chi connectivity index (χ3n) is 6.19. The smallest absolute Gasteiger partial charge is 0.250 e. The molecule has 4 rings (SSSR count). The maximum Gasteiger partial charge on any atom is 0.250 e. The summed E-state index contributed by atoms with van der Waals surface area (Å²) in [5.41, 5.74) is 4.86. The minimum atomic E-state index is -1.46. The molecule has 4 amide bonds. The Bertz CT molecular complexity index is 919. The minimum absolute atomic E-state index is 0.153. The van der Waals surface area contributed by atoms with Gasteiger partial charge in [0.15, 0.2) is 0 Å². The number of hydrogen-bond donors (Lipinski definition) is 3. The number of amides is 4. The molecule has 0 aliphatic carbocycles. The number of fused-ring (bicyclic) bond motifs is 4. The van der Waals surface area contributed by atoms with Crippen LogP contribution in [0.25, 0.3) is 0 Å². The van der Waals surface area contributed by atoms with Crippen molar-refractivity contribution in [3.05, 3.63) is 28.8 Å². The van der Waals surface area contributed by atoms with Crippen molar-refractivity contribution in [2.45, 2.75) is 44.3 Å². The Labute approximate surface area is 166 Å². The molecule has 5 atom stereocenters. The second kappa shape index (κ2) is 6.28. The molecule has 4 N–H and O–H groups in total. The average molecular weight is 405 g/mol. The highest BCUT2D eigenvalue weighted by Crippen LogP contribution is 2.54. The molecule has 0 aromatic heterocycles. The van der Waals surface area contributed by atoms with Gasteiger partial charge in [0.2, 0.25) is 23.6 Å². The highest BCUT2D eigenvalue weighted by Gasteiger charge is 2.70. The zero-order valence-corrected chi connectivity index (χ0v) is 16.2. The number of nitrogens with one attached hydrogen (secondary N) is 2. The third-order valence-corrected chi connectivity index (χ3v) is 6.50. The van der Waals surface area contributed by atoms with Crippen LogP contribution in [-0.2, 0) is 24.7 Å². The van der Waals surface area contributed by atoms with E-state index >= 15 is 0 Å². The number of para-hydroxylation sites is 1. The molecule has 2 saturated heterocycles. The molecule has 2 fully saturated rings. The highest BCUT2D eigenvalue weighted by molar-refractivity contribution is 6.35. The summed E-state index contributed by atoms with van der Waals surface area (Å²) in [6, 6.07) is 4.01. The number of benzene rings is 1. The molecule has 28 heavy (non-hydrogen) atoms. The monoisotopic (exact) mass is 404 g/mol. The first kappa shape index (κ1) is 18.9. The van der Waals surface area contributed by atoms with Crippen molar-refractivity contribution < 1.29 is 19.2 Å². The van der Waals surface area contributed by atoms with Gasteiger partial charge in [0.05, 0.1) is 22.5 Å². The molecule has 0 unspecified atom stereocenters. The van der Waals surface area contributed by atoms with Gasteiger partial charge in [0.1, 0.15) is 5.54 Å². The van der Waals surface area contributed by atoms with E-state index in [0.717, 1.165) is 0 Å². The molecule has 3 aliphatic heterocycles. The first-order chi connectivity index (χ1) is 13.2. The van der Waals surface area contributed by atoms with E-state index in [0.29, 0.717) is 22.7 Å². The molecular formula is C19H21ClN4O4. The number of anilines is 1. The van der Waals surface area contributed by atoms with Crippen molar-refractivity contribution >= 4 is 40.9 Å². The highest BCUT2D eigenvalue weighted by atomic mass is 35.5. The van der Waals surface area contributed by atoms with Gasteiger partial charge in [-0.15, -0.1) is 0 Å². The van der Waals surface area contributed by atoms with Crippen LogP contribution in [-0.4, -0.2) is 40.6 Å². The number of rotatable bonds is 4. The van der Waals surface area contributed by atoms with E-state index < -0.39 is 41.1 Å². The summed E-state index contributed by atoms with van der Waals surface area (Å²) in [5, 5.41) is 6.22. The molecule has 9 heteroatoms. The number of imide groups is 1. The minimum Gasteiger partial charge on any atom is -0.370 e. The van der Waals surface area contributed by atoms with E-state index in [1.807, 2.05) is 6.92 Å². The molecule has 1 aromatic rings. The van der Waals surface area contributed by atoms with Crippen LogP contribution in [0.2, 0.25) is 5.02 Å². The van der Waals surface area contributed by atoms with Crippen LogP contribution in [0, 0.1) is 11.8 Å². The fraction of sp³-hybridized carbons (Fsp3) is 0.474. The topological polar surface area (TPSA) is 122 Å². The van der Waals surface area contributed by atoms with Crippen LogP contribution in [0.1, 0.15) is 32.3 Å². The summed E-state index contributed by atoms with van der Waals surface area (Å²) in [4.78, 5) is 52.6. The quantitative estimate of drug-likeness (QED) is 0.639. The third kappa shape index (κ3) is 2.28. The first-order valence-electron chi connectivity index (χ1n) is 9.27. The van der Waals surface area contributed by atoms with Crippen molar-refractivity contribution in [2.75, 3.05) is 5.32 Å². The molecule has 0 bridgehead atoms. The summed E-state index contributed by atoms with van der Waals surface area (Å²) in [5.74, 6) is -3.65. The normalized spacial score (nSPS) is 31.9. The van der Waals surface area contributed by atoms with E-state index in [1.165, 1.54) is 4.90 Å². The molecule has 3 heterocycles. The average Bonchev–Trinajstić information content (AvgIpc) is 3.21. The van der Waals surface area contributed by atoms with Crippen LogP contribution < -0.4 is 16.4 Å². The van der Waals surface area contributed by atoms with Gasteiger partial charge < -0.3 is 11.1 Å². The van der Waals surface area contributed by atoms with Crippen molar-refractivity contribution in [3.8, 4) is 0 Å². The molecule has 1 aromatic carbocycles. The molecule has 0 saturated carbocycles. The lowest BCUT2D eigenvalue weighted by Crippen LogP contribution is -2.54. The standard InChI is InChI=1S/C19H21ClN4O4/c1-3-8(2)24-16(26)13-11(7-12(21)25)23-19(14(13)17(24)27)9-5-4-6-10(20)15(9)22-18(19)28/h4-6,8,11,13-14,23H,3,7H2,1-2H3,(H2,21,25)(H,22,28)/t8-,11-,13-,14+,19+/m1/s1. The largest absolute Gasteiger partial charge is 0.370 e. The van der Waals surface area contributed by atoms with Crippen LogP contribution in [0.3, 0.4) is 0 Å². The summed E-state index contributed by atoms with van der Waals surface area (Å²) in [6.45, 7) is 3.67. The zero-order valence-electron chi connectivity index (χ0n) is 15.5. The van der Waals surface area contributed by atoms with E-state index in [2.05, 4.69) is 10.6 Å². The second-order valence-electron chi connectivity index (χ2n) is 7.65. The number of hydrogen-bond acceptors (Lipinski definition) is 5. The predicted molar refractivity (Wildman–Crippen MR) is 101 cm³/mol. The van der Waals surface area contributed by atoms with Gasteiger partial charge in [0, 0.05) is 24.1 Å². The van der Waals surface area contributed by atoms with Crippen molar-refractivity contribution in [3.63, 3.8) is 0 Å². The Kier molecular flexibility index (Phi) is 4.24. The van der Waals surface area contributed by atoms with Crippen molar-refractivity contribution in [1.29, 1.82) is 0 Å². The van der Waals surface area contributed by atoms with Gasteiger partial charge in [-0.05, 0) is 19.4 Å². The van der Waals surface area contributed by atoms with Gasteiger partial charge in [-0.2, -0.15) is 0 Å². The van der Waals surface area contributed by atoms with Crippen LogP contribution in [0.4, 0.5) is 5.69 Å². The van der Waals surface area contributed by atoms with E-state index in [9.17, 15) is 19.2 Å². The Balaban J connectivity index is 1.90. The summed E-state index contributed by atoms with van der Waals surface area (Å²) in [7, 11) is 0. The summed E-state index contributed by atoms with van der Waals surface area (Å²) < 4.78 is 0. The van der Waals surface area contributed by atoms with Gasteiger partial charge in [-0.1, -0.05) is 30.7 Å². The number of primary amides is 1. The molecular weight excluding hydrogens is 384 g/mol. The lowest BCUT2D eigenvalue weighted by atomic mass is 9.76. The number of carbonyl (C=O) groups is 4. The van der Waals surface area contributed by atoms with Crippen molar-refractivity contribution in [2.24, 2.45) is 17.6 Å². The molecule has 0 radical (unpaired) electrons. The molecule has 1 spiro atoms. The maximum absolute atomic E-state index is 13.4. The Morgan fingerprint density at radius 3 is 2.68 bits per heavy atom. The second-order valence-corrected chi connectivity index (χ2v) is 8.06. The van der Waals surface area contributed by atoms with E-state index in [4.69, 9.17) is 17.3 Å². The number of nitrogens with two attached hydrogens (primary N) is 1. The molecule has 3 aliphatic rings. The van der Waals surface area contributed by atoms with E-state index in [1.54, 1.807) is 25.1 Å². The Hall–Kier alpha value is -2.45. The van der Waals surface area contributed by atoms with Crippen LogP contribution >= 0.6 is 11.6 Å². The number of likely N-dealkylation sites (tertiary alicyclic amines) is 1. The SMILES string of the molecule is CC[C@@H](C)N1C(=O)[C@H]2[C@@H](C1=O)[C@]1(N[C@@H]2CC(N)=O)C(=O)Nc2c(Cl)cccc21. The van der Waals surface area contributed by atoms with Gasteiger partial charge in [-0.25, -0.2) is 0 Å². The first-order valence-corrected chi connectivity index (χ1v) is 9.65. The van der Waals surface area contributed by atoms with Crippen LogP contribution in [0.5, 0.6) is 0 Å². The predicted octanol–water partition coefficient (Wildman–Crippen LogP) is 0.734. The van der Waals surface area contributed by atoms with Crippen LogP contribution in [0.15, 0.2) is 18.2 Å². The molecule has 148 valence electrons. The maximum atomic E-state index is 13.4. The van der Waals surface area contributed by atoms with Gasteiger partial charge >= 0.3 is 0 Å². The number of carbonyl (C=O) groups excluding carboxylic acids is 4. The molecule has 8 nitrogen and oxygen atoms in total. The van der Waals surface area contributed by atoms with E-state index in [-0.39, 0.29) is 18.4 Å². The number of nitrogens with zero attached hydrogens (tertiary/aromatic N) is 1. The van der Waals surface area contributed by atoms with Gasteiger partial charge in [0.25, 0.3) is 0 Å². The lowest BCUT2D eigenvalue weighted by Gasteiger charge is -2.31. The lowest BCUT2D eigenvalue weighted by molar-refractivity contribution is -0.145. The number of halogens is 1. The fourth-order valence-electron chi connectivity index (χ4n) is 4.82. The van der Waals surface area contributed by atoms with Gasteiger partial charge in [-0.3, -0.25) is 29.4 Å². The van der Waals surface area contributed by atoms with Crippen molar-refractivity contribution in [1.82, 2.24) is 10.2 Å². The Morgan fingerprint density at radius 2 is 2.04 bits per heavy atom. The summed E-state index contributed by atoms with van der Waals surface area (Å²) >= 11 is 6.25. The summed E-state index contributed by atoms with van der Waals surface area (Å²) in [6.07, 6.45) is 0.436. The fourth-order valence-corrected chi connectivity index (χ4v) is 5.05. The Morgan fingerprint density at radius 1 is 1.32 bits per heavy atom.